The summed E-state index contributed by atoms with van der Waals surface area (Å²) in [4.78, 5) is 11.7. The minimum Gasteiger partial charge on any atom is -0.272 e. The second-order valence-corrected chi connectivity index (χ2v) is 6.29. The van der Waals surface area contributed by atoms with Crippen LogP contribution in [0.3, 0.4) is 0 Å². The van der Waals surface area contributed by atoms with Crippen LogP contribution in [0.15, 0.2) is 47.6 Å². The topological polar surface area (TPSA) is 41.5 Å². The number of amides is 1. The van der Waals surface area contributed by atoms with E-state index in [-0.39, 0.29) is 11.7 Å². The first kappa shape index (κ1) is 17.2. The lowest BCUT2D eigenvalue weighted by Gasteiger charge is -2.04. The molecule has 0 unspecified atom stereocenters. The van der Waals surface area contributed by atoms with Gasteiger partial charge in [-0.15, -0.1) is 11.8 Å². The molecule has 0 fully saturated rings. The molecule has 0 aliphatic heterocycles. The standard InChI is InChI=1S/C18H19FN2OS/c1-13-7-14(2)9-15(8-13)11-23-12-18(22)21-20-10-16-5-3-4-6-17(16)19/h3-10H,11-12H2,1-2H3,(H,21,22)/b20-10+. The molecular weight excluding hydrogens is 311 g/mol. The second kappa shape index (κ2) is 8.48. The summed E-state index contributed by atoms with van der Waals surface area (Å²) >= 11 is 1.52. The number of carbonyl (C=O) groups is 1. The lowest BCUT2D eigenvalue weighted by molar-refractivity contribution is -0.118. The van der Waals surface area contributed by atoms with Gasteiger partial charge in [-0.05, 0) is 25.5 Å². The van der Waals surface area contributed by atoms with Crippen molar-refractivity contribution in [3.05, 3.63) is 70.5 Å². The zero-order valence-corrected chi connectivity index (χ0v) is 14.0. The van der Waals surface area contributed by atoms with Crippen LogP contribution >= 0.6 is 11.8 Å². The molecule has 0 aliphatic rings. The van der Waals surface area contributed by atoms with Crippen LogP contribution in [-0.4, -0.2) is 17.9 Å². The van der Waals surface area contributed by atoms with E-state index in [9.17, 15) is 9.18 Å². The zero-order chi connectivity index (χ0) is 16.7. The number of nitrogens with one attached hydrogen (secondary N) is 1. The Hall–Kier alpha value is -2.14. The molecule has 2 rings (SSSR count). The van der Waals surface area contributed by atoms with Crippen LogP contribution in [0.4, 0.5) is 4.39 Å². The molecule has 23 heavy (non-hydrogen) atoms. The minimum atomic E-state index is -0.366. The van der Waals surface area contributed by atoms with Crippen molar-refractivity contribution in [3.63, 3.8) is 0 Å². The van der Waals surface area contributed by atoms with E-state index in [1.54, 1.807) is 18.2 Å². The molecule has 0 radical (unpaired) electrons. The van der Waals surface area contributed by atoms with Gasteiger partial charge in [-0.2, -0.15) is 5.10 Å². The smallest absolute Gasteiger partial charge is 0.250 e. The number of benzene rings is 2. The van der Waals surface area contributed by atoms with Crippen molar-refractivity contribution in [2.45, 2.75) is 19.6 Å². The van der Waals surface area contributed by atoms with Crippen LogP contribution in [0.25, 0.3) is 0 Å². The maximum atomic E-state index is 13.4. The summed E-state index contributed by atoms with van der Waals surface area (Å²) in [7, 11) is 0. The van der Waals surface area contributed by atoms with Crippen molar-refractivity contribution < 1.29 is 9.18 Å². The summed E-state index contributed by atoms with van der Waals surface area (Å²) in [5, 5.41) is 3.78. The van der Waals surface area contributed by atoms with E-state index < -0.39 is 0 Å². The molecule has 1 N–H and O–H groups in total. The maximum Gasteiger partial charge on any atom is 0.250 e. The van der Waals surface area contributed by atoms with Crippen molar-refractivity contribution in [2.24, 2.45) is 5.10 Å². The number of thioether (sulfide) groups is 1. The first-order valence-electron chi connectivity index (χ1n) is 7.26. The van der Waals surface area contributed by atoms with E-state index in [1.165, 1.54) is 40.7 Å². The predicted molar refractivity (Wildman–Crippen MR) is 94.2 cm³/mol. The van der Waals surface area contributed by atoms with Gasteiger partial charge in [-0.3, -0.25) is 4.79 Å². The van der Waals surface area contributed by atoms with Crippen LogP contribution < -0.4 is 5.43 Å². The molecule has 5 heteroatoms. The Bertz CT molecular complexity index is 696. The quantitative estimate of drug-likeness (QED) is 0.646. The number of carbonyl (C=O) groups excluding carboxylic acids is 1. The maximum absolute atomic E-state index is 13.4. The number of hydrogen-bond donors (Lipinski definition) is 1. The molecule has 0 aromatic heterocycles. The number of halogens is 1. The number of hydrazone groups is 1. The lowest BCUT2D eigenvalue weighted by atomic mass is 10.1. The highest BCUT2D eigenvalue weighted by Crippen LogP contribution is 2.15. The summed E-state index contributed by atoms with van der Waals surface area (Å²) in [6.07, 6.45) is 1.31. The number of aryl methyl sites for hydroxylation is 2. The van der Waals surface area contributed by atoms with Crippen molar-refractivity contribution in [1.82, 2.24) is 5.43 Å². The van der Waals surface area contributed by atoms with Crippen LogP contribution in [0.1, 0.15) is 22.3 Å². The Morgan fingerprint density at radius 2 is 1.91 bits per heavy atom. The van der Waals surface area contributed by atoms with Crippen molar-refractivity contribution in [2.75, 3.05) is 5.75 Å². The Balaban J connectivity index is 1.76. The van der Waals surface area contributed by atoms with Gasteiger partial charge in [0, 0.05) is 11.3 Å². The van der Waals surface area contributed by atoms with Gasteiger partial charge in [-0.25, -0.2) is 9.82 Å². The van der Waals surface area contributed by atoms with E-state index in [2.05, 4.69) is 42.6 Å². The van der Waals surface area contributed by atoms with E-state index in [4.69, 9.17) is 0 Å². The van der Waals surface area contributed by atoms with Crippen molar-refractivity contribution in [1.29, 1.82) is 0 Å². The van der Waals surface area contributed by atoms with Gasteiger partial charge < -0.3 is 0 Å². The number of nitrogens with zero attached hydrogens (tertiary/aromatic N) is 1. The van der Waals surface area contributed by atoms with E-state index in [0.717, 1.165) is 5.75 Å². The summed E-state index contributed by atoms with van der Waals surface area (Å²) in [5.41, 5.74) is 6.40. The van der Waals surface area contributed by atoms with E-state index in [1.807, 2.05) is 0 Å². The normalized spacial score (nSPS) is 10.9. The third-order valence-electron chi connectivity index (χ3n) is 3.08. The van der Waals surface area contributed by atoms with Gasteiger partial charge in [0.2, 0.25) is 5.91 Å². The monoisotopic (exact) mass is 330 g/mol. The fourth-order valence-electron chi connectivity index (χ4n) is 2.20. The van der Waals surface area contributed by atoms with Crippen molar-refractivity contribution >= 4 is 23.9 Å². The molecule has 2 aromatic rings. The molecule has 0 aliphatic carbocycles. The first-order valence-corrected chi connectivity index (χ1v) is 8.41. The van der Waals surface area contributed by atoms with Gasteiger partial charge in [-0.1, -0.05) is 47.5 Å². The highest BCUT2D eigenvalue weighted by molar-refractivity contribution is 7.99. The third kappa shape index (κ3) is 5.87. The predicted octanol–water partition coefficient (Wildman–Crippen LogP) is 3.83. The molecule has 0 heterocycles. The summed E-state index contributed by atoms with van der Waals surface area (Å²) in [5.74, 6) is 0.510. The average Bonchev–Trinajstić information content (AvgIpc) is 2.48. The van der Waals surface area contributed by atoms with Crippen LogP contribution in [-0.2, 0) is 10.5 Å². The van der Waals surface area contributed by atoms with E-state index >= 15 is 0 Å². The minimum absolute atomic E-state index is 0.202. The SMILES string of the molecule is Cc1cc(C)cc(CSCC(=O)N/N=C/c2ccccc2F)c1. The Kier molecular flexibility index (Phi) is 6.35. The lowest BCUT2D eigenvalue weighted by Crippen LogP contribution is -2.19. The van der Waals surface area contributed by atoms with Gasteiger partial charge >= 0.3 is 0 Å². The zero-order valence-electron chi connectivity index (χ0n) is 13.2. The fraction of sp³-hybridized carbons (Fsp3) is 0.222. The molecule has 2 aromatic carbocycles. The molecule has 0 atom stereocenters. The van der Waals surface area contributed by atoms with Crippen LogP contribution in [0.5, 0.6) is 0 Å². The van der Waals surface area contributed by atoms with E-state index in [0.29, 0.717) is 11.3 Å². The Morgan fingerprint density at radius 1 is 1.22 bits per heavy atom. The highest BCUT2D eigenvalue weighted by atomic mass is 32.2. The highest BCUT2D eigenvalue weighted by Gasteiger charge is 2.02. The van der Waals surface area contributed by atoms with Crippen LogP contribution in [0, 0.1) is 19.7 Å². The summed E-state index contributed by atoms with van der Waals surface area (Å²) in [6.45, 7) is 4.12. The third-order valence-corrected chi connectivity index (χ3v) is 4.09. The van der Waals surface area contributed by atoms with Crippen LogP contribution in [0.2, 0.25) is 0 Å². The molecular formula is C18H19FN2OS. The molecule has 1 amide bonds. The van der Waals surface area contributed by atoms with Gasteiger partial charge in [0.25, 0.3) is 0 Å². The first-order chi connectivity index (χ1) is 11.0. The summed E-state index contributed by atoms with van der Waals surface area (Å²) < 4.78 is 13.4. The van der Waals surface area contributed by atoms with Gasteiger partial charge in [0.1, 0.15) is 5.82 Å². The average molecular weight is 330 g/mol. The molecule has 0 spiro atoms. The number of rotatable bonds is 6. The molecule has 0 saturated heterocycles. The molecule has 0 saturated carbocycles. The Labute approximate surface area is 140 Å². The molecule has 3 nitrogen and oxygen atoms in total. The van der Waals surface area contributed by atoms with Gasteiger partial charge in [0.15, 0.2) is 0 Å². The second-order valence-electron chi connectivity index (χ2n) is 5.30. The molecule has 120 valence electrons. The van der Waals surface area contributed by atoms with Gasteiger partial charge in [0.05, 0.1) is 12.0 Å². The fourth-order valence-corrected chi connectivity index (χ4v) is 2.95. The number of hydrogen-bond acceptors (Lipinski definition) is 3. The van der Waals surface area contributed by atoms with Crippen molar-refractivity contribution in [3.8, 4) is 0 Å². The molecule has 0 bridgehead atoms. The summed E-state index contributed by atoms with van der Waals surface area (Å²) in [6, 6.07) is 12.6. The Morgan fingerprint density at radius 3 is 2.61 bits per heavy atom. The largest absolute Gasteiger partial charge is 0.272 e.